The molecule has 2 saturated carbocycles. The Labute approximate surface area is 130 Å². The predicted molar refractivity (Wildman–Crippen MR) is 88.2 cm³/mol. The highest BCUT2D eigenvalue weighted by atomic mass is 16.2. The molecule has 0 spiro atoms. The smallest absolute Gasteiger partial charge is 0.223 e. The second-order valence-electron chi connectivity index (χ2n) is 7.80. The van der Waals surface area contributed by atoms with Crippen LogP contribution in [-0.2, 0) is 4.79 Å². The maximum atomic E-state index is 12.6. The van der Waals surface area contributed by atoms with Gasteiger partial charge in [0.25, 0.3) is 0 Å². The van der Waals surface area contributed by atoms with E-state index in [0.29, 0.717) is 18.0 Å². The fraction of sp³-hybridized carbons (Fsp3) is 0.944. The van der Waals surface area contributed by atoms with E-state index in [0.717, 1.165) is 25.8 Å². The van der Waals surface area contributed by atoms with Crippen molar-refractivity contribution < 1.29 is 4.79 Å². The molecule has 0 saturated heterocycles. The van der Waals surface area contributed by atoms with Crippen LogP contribution >= 0.6 is 0 Å². The van der Waals surface area contributed by atoms with E-state index >= 15 is 0 Å². The van der Waals surface area contributed by atoms with Gasteiger partial charge in [-0.1, -0.05) is 33.6 Å². The van der Waals surface area contributed by atoms with Crippen molar-refractivity contribution in [1.82, 2.24) is 10.6 Å². The molecule has 2 aliphatic carbocycles. The van der Waals surface area contributed by atoms with Gasteiger partial charge in [-0.25, -0.2) is 0 Å². The Morgan fingerprint density at radius 3 is 2.33 bits per heavy atom. The van der Waals surface area contributed by atoms with Crippen LogP contribution in [0.4, 0.5) is 0 Å². The second-order valence-corrected chi connectivity index (χ2v) is 7.80. The maximum Gasteiger partial charge on any atom is 0.223 e. The summed E-state index contributed by atoms with van der Waals surface area (Å²) in [5, 5.41) is 6.96. The first-order valence-corrected chi connectivity index (χ1v) is 9.06. The Kier molecular flexibility index (Phi) is 6.09. The molecule has 0 radical (unpaired) electrons. The molecule has 0 aromatic rings. The molecule has 0 aromatic carbocycles. The van der Waals surface area contributed by atoms with Crippen LogP contribution < -0.4 is 10.6 Å². The Morgan fingerprint density at radius 1 is 1.05 bits per heavy atom. The molecule has 0 bridgehead atoms. The van der Waals surface area contributed by atoms with Gasteiger partial charge >= 0.3 is 0 Å². The molecule has 1 amide bonds. The first-order chi connectivity index (χ1) is 10.0. The molecular formula is C18H34N2O. The van der Waals surface area contributed by atoms with Crippen molar-refractivity contribution in [2.45, 2.75) is 90.6 Å². The SMILES string of the molecule is CCCNC1CCC(NC(=O)C2CCCCC2(C)C)CC1. The van der Waals surface area contributed by atoms with E-state index in [2.05, 4.69) is 31.4 Å². The lowest BCUT2D eigenvalue weighted by molar-refractivity contribution is -0.131. The minimum atomic E-state index is 0.183. The third-order valence-corrected chi connectivity index (χ3v) is 5.58. The predicted octanol–water partition coefficient (Wildman–Crippen LogP) is 3.63. The minimum absolute atomic E-state index is 0.183. The van der Waals surface area contributed by atoms with Gasteiger partial charge in [0.2, 0.25) is 5.91 Å². The maximum absolute atomic E-state index is 12.6. The number of hydrogen-bond acceptors (Lipinski definition) is 2. The number of amides is 1. The summed E-state index contributed by atoms with van der Waals surface area (Å²) in [7, 11) is 0. The summed E-state index contributed by atoms with van der Waals surface area (Å²) in [5.74, 6) is 0.548. The summed E-state index contributed by atoms with van der Waals surface area (Å²) in [6, 6.07) is 1.08. The molecule has 21 heavy (non-hydrogen) atoms. The van der Waals surface area contributed by atoms with Crippen LogP contribution in [0.5, 0.6) is 0 Å². The van der Waals surface area contributed by atoms with Gasteiger partial charge in [-0.2, -0.15) is 0 Å². The van der Waals surface area contributed by atoms with Gasteiger partial charge in [-0.05, 0) is 56.9 Å². The molecule has 1 atom stereocenters. The normalized spacial score (nSPS) is 32.6. The summed E-state index contributed by atoms with van der Waals surface area (Å²) in [6.45, 7) is 7.87. The van der Waals surface area contributed by atoms with Crippen molar-refractivity contribution in [2.75, 3.05) is 6.54 Å². The monoisotopic (exact) mass is 294 g/mol. The number of rotatable bonds is 5. The molecule has 3 heteroatoms. The Balaban J connectivity index is 1.76. The molecule has 3 nitrogen and oxygen atoms in total. The van der Waals surface area contributed by atoms with E-state index in [1.54, 1.807) is 0 Å². The molecule has 0 heterocycles. The highest BCUT2D eigenvalue weighted by molar-refractivity contribution is 5.79. The van der Waals surface area contributed by atoms with Crippen molar-refractivity contribution in [3.8, 4) is 0 Å². The van der Waals surface area contributed by atoms with Gasteiger partial charge in [0.1, 0.15) is 0 Å². The summed E-state index contributed by atoms with van der Waals surface area (Å²) >= 11 is 0. The minimum Gasteiger partial charge on any atom is -0.353 e. The van der Waals surface area contributed by atoms with Gasteiger partial charge in [0.05, 0.1) is 0 Å². The molecule has 2 fully saturated rings. The van der Waals surface area contributed by atoms with Gasteiger partial charge < -0.3 is 10.6 Å². The lowest BCUT2D eigenvalue weighted by atomic mass is 9.68. The fourth-order valence-electron chi connectivity index (χ4n) is 4.07. The van der Waals surface area contributed by atoms with Crippen molar-refractivity contribution in [3.05, 3.63) is 0 Å². The van der Waals surface area contributed by atoms with Crippen LogP contribution in [0.25, 0.3) is 0 Å². The van der Waals surface area contributed by atoms with Crippen LogP contribution in [0.3, 0.4) is 0 Å². The van der Waals surface area contributed by atoms with Crippen molar-refractivity contribution >= 4 is 5.91 Å². The van der Waals surface area contributed by atoms with Gasteiger partial charge in [0, 0.05) is 18.0 Å². The molecule has 1 unspecified atom stereocenters. The topological polar surface area (TPSA) is 41.1 Å². The van der Waals surface area contributed by atoms with E-state index < -0.39 is 0 Å². The van der Waals surface area contributed by atoms with Crippen LogP contribution in [-0.4, -0.2) is 24.5 Å². The first-order valence-electron chi connectivity index (χ1n) is 9.06. The second kappa shape index (κ2) is 7.62. The third-order valence-electron chi connectivity index (χ3n) is 5.58. The Hall–Kier alpha value is -0.570. The van der Waals surface area contributed by atoms with Gasteiger partial charge in [0.15, 0.2) is 0 Å². The Bertz CT molecular complexity index is 332. The van der Waals surface area contributed by atoms with E-state index in [9.17, 15) is 4.79 Å². The highest BCUT2D eigenvalue weighted by Gasteiger charge is 2.37. The molecule has 2 N–H and O–H groups in total. The van der Waals surface area contributed by atoms with Crippen LogP contribution in [0.15, 0.2) is 0 Å². The van der Waals surface area contributed by atoms with E-state index in [1.807, 2.05) is 0 Å². The third kappa shape index (κ3) is 4.70. The van der Waals surface area contributed by atoms with Crippen molar-refractivity contribution in [3.63, 3.8) is 0 Å². The standard InChI is InChI=1S/C18H34N2O/c1-4-13-19-14-8-10-15(11-9-14)20-17(21)16-7-5-6-12-18(16,2)3/h14-16,19H,4-13H2,1-3H3,(H,20,21). The van der Waals surface area contributed by atoms with Crippen LogP contribution in [0, 0.1) is 11.3 Å². The Morgan fingerprint density at radius 2 is 1.71 bits per heavy atom. The lowest BCUT2D eigenvalue weighted by Gasteiger charge is -2.39. The van der Waals surface area contributed by atoms with E-state index in [1.165, 1.54) is 38.5 Å². The molecular weight excluding hydrogens is 260 g/mol. The average Bonchev–Trinajstić information content (AvgIpc) is 2.46. The summed E-state index contributed by atoms with van der Waals surface area (Å²) in [4.78, 5) is 12.6. The molecule has 2 aliphatic rings. The number of hydrogen-bond donors (Lipinski definition) is 2. The molecule has 2 rings (SSSR count). The molecule has 0 aromatic heterocycles. The summed E-state index contributed by atoms with van der Waals surface area (Å²) in [6.07, 6.45) is 10.7. The van der Waals surface area contributed by atoms with Gasteiger partial charge in [-0.15, -0.1) is 0 Å². The zero-order valence-corrected chi connectivity index (χ0v) is 14.2. The van der Waals surface area contributed by atoms with Crippen LogP contribution in [0.2, 0.25) is 0 Å². The number of nitrogens with one attached hydrogen (secondary N) is 2. The average molecular weight is 294 g/mol. The quantitative estimate of drug-likeness (QED) is 0.813. The van der Waals surface area contributed by atoms with Crippen molar-refractivity contribution in [2.24, 2.45) is 11.3 Å². The summed E-state index contributed by atoms with van der Waals surface area (Å²) < 4.78 is 0. The highest BCUT2D eigenvalue weighted by Crippen LogP contribution is 2.40. The fourth-order valence-corrected chi connectivity index (χ4v) is 4.07. The molecule has 122 valence electrons. The number of carbonyl (C=O) groups excluding carboxylic acids is 1. The zero-order valence-electron chi connectivity index (χ0n) is 14.2. The van der Waals surface area contributed by atoms with Crippen molar-refractivity contribution in [1.29, 1.82) is 0 Å². The summed E-state index contributed by atoms with van der Waals surface area (Å²) in [5.41, 5.74) is 0.183. The first kappa shape index (κ1) is 16.8. The lowest BCUT2D eigenvalue weighted by Crippen LogP contribution is -2.47. The number of carbonyl (C=O) groups is 1. The zero-order chi connectivity index (χ0) is 15.3. The van der Waals surface area contributed by atoms with Gasteiger partial charge in [-0.3, -0.25) is 4.79 Å². The molecule has 0 aliphatic heterocycles. The largest absolute Gasteiger partial charge is 0.353 e. The van der Waals surface area contributed by atoms with Crippen LogP contribution in [0.1, 0.15) is 78.6 Å². The van der Waals surface area contributed by atoms with E-state index in [4.69, 9.17) is 0 Å². The van der Waals surface area contributed by atoms with E-state index in [-0.39, 0.29) is 11.3 Å².